The van der Waals surface area contributed by atoms with Gasteiger partial charge in [0.2, 0.25) is 0 Å². The first-order valence-corrected chi connectivity index (χ1v) is 5.82. The summed E-state index contributed by atoms with van der Waals surface area (Å²) in [6, 6.07) is 10.6. The molecule has 0 heteroatoms. The topological polar surface area (TPSA) is 0 Å². The van der Waals surface area contributed by atoms with Crippen molar-refractivity contribution >= 4 is 6.08 Å². The highest BCUT2D eigenvalue weighted by Gasteiger charge is 2.12. The SMILES string of the molecule is CC/C(=C\c1ccccc1)C1C=CCC1. The van der Waals surface area contributed by atoms with E-state index in [-0.39, 0.29) is 0 Å². The summed E-state index contributed by atoms with van der Waals surface area (Å²) in [6.45, 7) is 2.25. The van der Waals surface area contributed by atoms with Crippen LogP contribution in [0.1, 0.15) is 31.7 Å². The average Bonchev–Trinajstić information content (AvgIpc) is 2.81. The third kappa shape index (κ3) is 2.59. The van der Waals surface area contributed by atoms with Crippen molar-refractivity contribution in [1.82, 2.24) is 0 Å². The fourth-order valence-corrected chi connectivity index (χ4v) is 2.18. The maximum atomic E-state index is 2.36. The van der Waals surface area contributed by atoms with Crippen LogP contribution < -0.4 is 0 Å². The monoisotopic (exact) mass is 198 g/mol. The van der Waals surface area contributed by atoms with Crippen molar-refractivity contribution in [3.63, 3.8) is 0 Å². The summed E-state index contributed by atoms with van der Waals surface area (Å²) in [7, 11) is 0. The highest BCUT2D eigenvalue weighted by atomic mass is 14.2. The second-order valence-electron chi connectivity index (χ2n) is 4.10. The van der Waals surface area contributed by atoms with Gasteiger partial charge < -0.3 is 0 Å². The Morgan fingerprint density at radius 2 is 2.13 bits per heavy atom. The van der Waals surface area contributed by atoms with Crippen molar-refractivity contribution in [2.75, 3.05) is 0 Å². The Morgan fingerprint density at radius 3 is 2.73 bits per heavy atom. The Bertz CT molecular complexity index is 357. The van der Waals surface area contributed by atoms with E-state index in [0.717, 1.165) is 6.42 Å². The Kier molecular flexibility index (Phi) is 3.39. The van der Waals surface area contributed by atoms with Crippen LogP contribution in [0.3, 0.4) is 0 Å². The van der Waals surface area contributed by atoms with Crippen LogP contribution in [0.25, 0.3) is 6.08 Å². The van der Waals surface area contributed by atoms with Crippen molar-refractivity contribution in [2.24, 2.45) is 5.92 Å². The van der Waals surface area contributed by atoms with Gasteiger partial charge in [0.15, 0.2) is 0 Å². The number of allylic oxidation sites excluding steroid dienone is 3. The van der Waals surface area contributed by atoms with E-state index in [1.807, 2.05) is 0 Å². The zero-order valence-corrected chi connectivity index (χ0v) is 9.32. The van der Waals surface area contributed by atoms with Crippen molar-refractivity contribution < 1.29 is 0 Å². The molecule has 0 heterocycles. The Balaban J connectivity index is 2.19. The van der Waals surface area contributed by atoms with Crippen LogP contribution in [-0.2, 0) is 0 Å². The van der Waals surface area contributed by atoms with Crippen LogP contribution in [0.5, 0.6) is 0 Å². The molecule has 1 aromatic rings. The molecule has 0 radical (unpaired) electrons. The van der Waals surface area contributed by atoms with Gasteiger partial charge in [-0.15, -0.1) is 0 Å². The molecule has 1 aromatic carbocycles. The standard InChI is InChI=1S/C15H18/c1-2-14(15-10-6-7-11-15)12-13-8-4-3-5-9-13/h3-6,8-10,12,15H,2,7,11H2,1H3/b14-12+. The minimum absolute atomic E-state index is 0.690. The van der Waals surface area contributed by atoms with Crippen LogP contribution in [0.15, 0.2) is 48.1 Å². The van der Waals surface area contributed by atoms with E-state index in [1.165, 1.54) is 18.4 Å². The Morgan fingerprint density at radius 1 is 1.33 bits per heavy atom. The Labute approximate surface area is 92.3 Å². The fourth-order valence-electron chi connectivity index (χ4n) is 2.18. The summed E-state index contributed by atoms with van der Waals surface area (Å²) in [6.07, 6.45) is 10.7. The molecular formula is C15H18. The van der Waals surface area contributed by atoms with E-state index >= 15 is 0 Å². The minimum atomic E-state index is 0.690. The maximum absolute atomic E-state index is 2.36. The van der Waals surface area contributed by atoms with E-state index in [2.05, 4.69) is 55.5 Å². The summed E-state index contributed by atoms with van der Waals surface area (Å²) in [4.78, 5) is 0. The van der Waals surface area contributed by atoms with Gasteiger partial charge in [-0.25, -0.2) is 0 Å². The molecule has 0 saturated carbocycles. The van der Waals surface area contributed by atoms with Gasteiger partial charge in [0.1, 0.15) is 0 Å². The lowest BCUT2D eigenvalue weighted by atomic mass is 9.94. The van der Waals surface area contributed by atoms with Crippen LogP contribution >= 0.6 is 0 Å². The van der Waals surface area contributed by atoms with E-state index < -0.39 is 0 Å². The molecular weight excluding hydrogens is 180 g/mol. The lowest BCUT2D eigenvalue weighted by Crippen LogP contribution is -1.96. The van der Waals surface area contributed by atoms with Gasteiger partial charge in [0.05, 0.1) is 0 Å². The molecule has 0 fully saturated rings. The molecule has 1 aliphatic rings. The van der Waals surface area contributed by atoms with Crippen molar-refractivity contribution in [2.45, 2.75) is 26.2 Å². The summed E-state index contributed by atoms with van der Waals surface area (Å²) < 4.78 is 0. The molecule has 78 valence electrons. The number of hydrogen-bond donors (Lipinski definition) is 0. The number of hydrogen-bond acceptors (Lipinski definition) is 0. The van der Waals surface area contributed by atoms with Crippen LogP contribution in [0, 0.1) is 5.92 Å². The molecule has 0 amide bonds. The molecule has 0 aromatic heterocycles. The van der Waals surface area contributed by atoms with Gasteiger partial charge >= 0.3 is 0 Å². The van der Waals surface area contributed by atoms with Crippen molar-refractivity contribution in [3.8, 4) is 0 Å². The molecule has 0 bridgehead atoms. The predicted octanol–water partition coefficient (Wildman–Crippen LogP) is 4.45. The first-order valence-electron chi connectivity index (χ1n) is 5.82. The number of benzene rings is 1. The fraction of sp³-hybridized carbons (Fsp3) is 0.333. The molecule has 0 saturated heterocycles. The summed E-state index contributed by atoms with van der Waals surface area (Å²) in [5.41, 5.74) is 2.89. The second-order valence-corrected chi connectivity index (χ2v) is 4.10. The van der Waals surface area contributed by atoms with Crippen molar-refractivity contribution in [1.29, 1.82) is 0 Å². The third-order valence-electron chi connectivity index (χ3n) is 3.05. The van der Waals surface area contributed by atoms with Gasteiger partial charge in [-0.3, -0.25) is 0 Å². The molecule has 0 spiro atoms. The first kappa shape index (κ1) is 10.2. The maximum Gasteiger partial charge on any atom is -0.00171 e. The normalized spacial score (nSPS) is 20.9. The minimum Gasteiger partial charge on any atom is -0.0879 e. The molecule has 2 rings (SSSR count). The zero-order chi connectivity index (χ0) is 10.5. The predicted molar refractivity (Wildman–Crippen MR) is 66.6 cm³/mol. The molecule has 1 atom stereocenters. The van der Waals surface area contributed by atoms with Gasteiger partial charge in [-0.2, -0.15) is 0 Å². The zero-order valence-electron chi connectivity index (χ0n) is 9.32. The lowest BCUT2D eigenvalue weighted by Gasteiger charge is -2.11. The van der Waals surface area contributed by atoms with Crippen LogP contribution in [0.2, 0.25) is 0 Å². The van der Waals surface area contributed by atoms with E-state index in [9.17, 15) is 0 Å². The molecule has 0 N–H and O–H groups in total. The summed E-state index contributed by atoms with van der Waals surface area (Å²) in [5, 5.41) is 0. The highest BCUT2D eigenvalue weighted by molar-refractivity contribution is 5.53. The molecule has 1 unspecified atom stereocenters. The van der Waals surface area contributed by atoms with Gasteiger partial charge in [0, 0.05) is 0 Å². The molecule has 0 aliphatic heterocycles. The molecule has 1 aliphatic carbocycles. The second kappa shape index (κ2) is 4.97. The van der Waals surface area contributed by atoms with Gasteiger partial charge in [0.25, 0.3) is 0 Å². The highest BCUT2D eigenvalue weighted by Crippen LogP contribution is 2.28. The van der Waals surface area contributed by atoms with E-state index in [0.29, 0.717) is 5.92 Å². The van der Waals surface area contributed by atoms with Crippen LogP contribution in [-0.4, -0.2) is 0 Å². The molecule has 15 heavy (non-hydrogen) atoms. The summed E-state index contributed by atoms with van der Waals surface area (Å²) in [5.74, 6) is 0.690. The van der Waals surface area contributed by atoms with E-state index in [1.54, 1.807) is 5.57 Å². The van der Waals surface area contributed by atoms with Crippen molar-refractivity contribution in [3.05, 3.63) is 53.6 Å². The smallest absolute Gasteiger partial charge is 0.00171 e. The average molecular weight is 198 g/mol. The number of rotatable bonds is 3. The van der Waals surface area contributed by atoms with Gasteiger partial charge in [-0.05, 0) is 30.7 Å². The van der Waals surface area contributed by atoms with E-state index in [4.69, 9.17) is 0 Å². The largest absolute Gasteiger partial charge is 0.0879 e. The third-order valence-corrected chi connectivity index (χ3v) is 3.05. The van der Waals surface area contributed by atoms with Gasteiger partial charge in [-0.1, -0.05) is 61.1 Å². The summed E-state index contributed by atoms with van der Waals surface area (Å²) >= 11 is 0. The lowest BCUT2D eigenvalue weighted by molar-refractivity contribution is 0.707. The molecule has 0 nitrogen and oxygen atoms in total. The van der Waals surface area contributed by atoms with Crippen LogP contribution in [0.4, 0.5) is 0 Å². The first-order chi connectivity index (χ1) is 7.40. The quantitative estimate of drug-likeness (QED) is 0.630. The Hall–Kier alpha value is -1.30.